The average molecular weight is 275 g/mol. The number of amides is 1. The van der Waals surface area contributed by atoms with Crippen molar-refractivity contribution >= 4 is 18.3 Å². The van der Waals surface area contributed by atoms with Gasteiger partial charge in [-0.3, -0.25) is 4.79 Å². The van der Waals surface area contributed by atoms with E-state index in [1.807, 2.05) is 0 Å². The summed E-state index contributed by atoms with van der Waals surface area (Å²) in [6.45, 7) is 2.24. The fraction of sp³-hybridized carbons (Fsp3) is 0.929. The van der Waals surface area contributed by atoms with E-state index < -0.39 is 5.54 Å². The molecule has 3 nitrogen and oxygen atoms in total. The second-order valence-electron chi connectivity index (χ2n) is 6.06. The molecule has 0 radical (unpaired) electrons. The first-order valence-electron chi connectivity index (χ1n) is 7.22. The minimum Gasteiger partial charge on any atom is -0.352 e. The Morgan fingerprint density at radius 3 is 2.33 bits per heavy atom. The van der Waals surface area contributed by atoms with Crippen molar-refractivity contribution in [2.24, 2.45) is 11.7 Å². The number of carbonyl (C=O) groups excluding carboxylic acids is 1. The summed E-state index contributed by atoms with van der Waals surface area (Å²) in [6.07, 6.45) is 10.1. The van der Waals surface area contributed by atoms with Gasteiger partial charge in [-0.05, 0) is 31.6 Å². The zero-order valence-electron chi connectivity index (χ0n) is 11.4. The summed E-state index contributed by atoms with van der Waals surface area (Å²) in [5.41, 5.74) is 5.68. The van der Waals surface area contributed by atoms with Gasteiger partial charge < -0.3 is 11.1 Å². The fourth-order valence-corrected chi connectivity index (χ4v) is 3.25. The fourth-order valence-electron chi connectivity index (χ4n) is 3.25. The normalized spacial score (nSPS) is 31.2. The number of nitrogens with one attached hydrogen (secondary N) is 1. The molecule has 18 heavy (non-hydrogen) atoms. The molecule has 0 aromatic carbocycles. The van der Waals surface area contributed by atoms with Crippen molar-refractivity contribution in [1.82, 2.24) is 5.32 Å². The molecule has 0 saturated heterocycles. The number of carbonyl (C=O) groups is 1. The molecule has 2 unspecified atom stereocenters. The smallest absolute Gasteiger partial charge is 0.240 e. The van der Waals surface area contributed by atoms with Crippen LogP contribution in [-0.4, -0.2) is 17.5 Å². The minimum absolute atomic E-state index is 0. The molecule has 1 amide bonds. The monoisotopic (exact) mass is 274 g/mol. The van der Waals surface area contributed by atoms with Crippen molar-refractivity contribution in [3.05, 3.63) is 0 Å². The van der Waals surface area contributed by atoms with Crippen LogP contribution in [0.5, 0.6) is 0 Å². The molecule has 2 aliphatic carbocycles. The number of hydrogen-bond acceptors (Lipinski definition) is 2. The first kappa shape index (κ1) is 15.8. The second-order valence-corrected chi connectivity index (χ2v) is 6.06. The molecule has 2 atom stereocenters. The van der Waals surface area contributed by atoms with Crippen LogP contribution in [0.25, 0.3) is 0 Å². The summed E-state index contributed by atoms with van der Waals surface area (Å²) in [7, 11) is 0. The Balaban J connectivity index is 0.00000162. The zero-order valence-corrected chi connectivity index (χ0v) is 12.2. The van der Waals surface area contributed by atoms with E-state index in [2.05, 4.69) is 12.2 Å². The van der Waals surface area contributed by atoms with Crippen LogP contribution in [0, 0.1) is 5.92 Å². The van der Waals surface area contributed by atoms with Crippen LogP contribution in [-0.2, 0) is 4.79 Å². The van der Waals surface area contributed by atoms with Gasteiger partial charge in [0.1, 0.15) is 0 Å². The SMILES string of the molecule is CC1CCCCC1NC(=O)C1(N)CCCCC1.Cl. The molecular weight excluding hydrogens is 248 g/mol. The Hall–Kier alpha value is -0.280. The van der Waals surface area contributed by atoms with Gasteiger partial charge >= 0.3 is 0 Å². The maximum Gasteiger partial charge on any atom is 0.240 e. The average Bonchev–Trinajstić information content (AvgIpc) is 2.33. The topological polar surface area (TPSA) is 55.1 Å². The molecule has 0 heterocycles. The quantitative estimate of drug-likeness (QED) is 0.814. The molecule has 4 heteroatoms. The Morgan fingerprint density at radius 2 is 1.72 bits per heavy atom. The van der Waals surface area contributed by atoms with Crippen LogP contribution in [0.3, 0.4) is 0 Å². The van der Waals surface area contributed by atoms with Gasteiger partial charge in [-0.2, -0.15) is 0 Å². The molecule has 0 aliphatic heterocycles. The molecule has 0 aromatic heterocycles. The number of hydrogen-bond donors (Lipinski definition) is 2. The van der Waals surface area contributed by atoms with Crippen molar-refractivity contribution in [2.45, 2.75) is 76.3 Å². The van der Waals surface area contributed by atoms with Crippen LogP contribution in [0.15, 0.2) is 0 Å². The number of nitrogens with two attached hydrogens (primary N) is 1. The van der Waals surface area contributed by atoms with Gasteiger partial charge in [-0.15, -0.1) is 12.4 Å². The Morgan fingerprint density at radius 1 is 1.11 bits per heavy atom. The van der Waals surface area contributed by atoms with Gasteiger partial charge in [0.25, 0.3) is 0 Å². The maximum absolute atomic E-state index is 12.3. The number of halogens is 1. The highest BCUT2D eigenvalue weighted by Crippen LogP contribution is 2.28. The summed E-state index contributed by atoms with van der Waals surface area (Å²) in [4.78, 5) is 12.3. The van der Waals surface area contributed by atoms with E-state index in [9.17, 15) is 4.79 Å². The van der Waals surface area contributed by atoms with E-state index in [1.165, 1.54) is 25.7 Å². The van der Waals surface area contributed by atoms with E-state index in [0.717, 1.165) is 32.1 Å². The molecule has 2 rings (SSSR count). The first-order chi connectivity index (χ1) is 8.12. The van der Waals surface area contributed by atoms with E-state index in [0.29, 0.717) is 12.0 Å². The van der Waals surface area contributed by atoms with Crippen LogP contribution in [0.4, 0.5) is 0 Å². The van der Waals surface area contributed by atoms with Crippen LogP contribution < -0.4 is 11.1 Å². The van der Waals surface area contributed by atoms with Crippen molar-refractivity contribution in [3.8, 4) is 0 Å². The third-order valence-corrected chi connectivity index (χ3v) is 4.63. The molecule has 106 valence electrons. The summed E-state index contributed by atoms with van der Waals surface area (Å²) >= 11 is 0. The van der Waals surface area contributed by atoms with Crippen molar-refractivity contribution < 1.29 is 4.79 Å². The Labute approximate surface area is 117 Å². The molecule has 2 aliphatic rings. The Bertz CT molecular complexity index is 277. The van der Waals surface area contributed by atoms with Crippen LogP contribution in [0.1, 0.15) is 64.7 Å². The molecule has 2 saturated carbocycles. The largest absolute Gasteiger partial charge is 0.352 e. The molecule has 0 bridgehead atoms. The second kappa shape index (κ2) is 6.76. The summed E-state index contributed by atoms with van der Waals surface area (Å²) in [5, 5.41) is 3.21. The van der Waals surface area contributed by atoms with Gasteiger partial charge in [0.05, 0.1) is 5.54 Å². The predicted octanol–water partition coefficient (Wildman–Crippen LogP) is 2.76. The maximum atomic E-state index is 12.3. The van der Waals surface area contributed by atoms with Crippen molar-refractivity contribution in [2.75, 3.05) is 0 Å². The van der Waals surface area contributed by atoms with Gasteiger partial charge in [0.2, 0.25) is 5.91 Å². The lowest BCUT2D eigenvalue weighted by Crippen LogP contribution is -2.58. The predicted molar refractivity (Wildman–Crippen MR) is 76.8 cm³/mol. The number of rotatable bonds is 2. The van der Waals surface area contributed by atoms with Crippen LogP contribution in [0.2, 0.25) is 0 Å². The molecule has 0 spiro atoms. The lowest BCUT2D eigenvalue weighted by atomic mass is 9.80. The lowest BCUT2D eigenvalue weighted by Gasteiger charge is -2.36. The van der Waals surface area contributed by atoms with E-state index in [4.69, 9.17) is 5.73 Å². The van der Waals surface area contributed by atoms with Gasteiger partial charge in [-0.25, -0.2) is 0 Å². The molecule has 2 fully saturated rings. The molecule has 0 aromatic rings. The van der Waals surface area contributed by atoms with Crippen molar-refractivity contribution in [1.29, 1.82) is 0 Å². The molecule has 3 N–H and O–H groups in total. The third kappa shape index (κ3) is 3.61. The highest BCUT2D eigenvalue weighted by molar-refractivity contribution is 5.86. The van der Waals surface area contributed by atoms with Crippen molar-refractivity contribution in [3.63, 3.8) is 0 Å². The summed E-state index contributed by atoms with van der Waals surface area (Å²) < 4.78 is 0. The van der Waals surface area contributed by atoms with Gasteiger partial charge in [0.15, 0.2) is 0 Å². The molecular formula is C14H27ClN2O. The lowest BCUT2D eigenvalue weighted by molar-refractivity contribution is -0.128. The van der Waals surface area contributed by atoms with Gasteiger partial charge in [0, 0.05) is 6.04 Å². The highest BCUT2D eigenvalue weighted by Gasteiger charge is 2.37. The standard InChI is InChI=1S/C14H26N2O.ClH/c1-11-7-3-4-8-12(11)16-13(17)14(15)9-5-2-6-10-14;/h11-12H,2-10,15H2,1H3,(H,16,17);1H. The van der Waals surface area contributed by atoms with E-state index >= 15 is 0 Å². The van der Waals surface area contributed by atoms with Crippen LogP contribution >= 0.6 is 12.4 Å². The first-order valence-corrected chi connectivity index (χ1v) is 7.22. The minimum atomic E-state index is -0.574. The van der Waals surface area contributed by atoms with E-state index in [-0.39, 0.29) is 18.3 Å². The van der Waals surface area contributed by atoms with E-state index in [1.54, 1.807) is 0 Å². The Kier molecular flexibility index (Phi) is 5.93. The highest BCUT2D eigenvalue weighted by atomic mass is 35.5. The summed E-state index contributed by atoms with van der Waals surface area (Å²) in [6, 6.07) is 0.360. The summed E-state index contributed by atoms with van der Waals surface area (Å²) in [5.74, 6) is 0.718. The van der Waals surface area contributed by atoms with Gasteiger partial charge in [-0.1, -0.05) is 39.0 Å². The zero-order chi connectivity index (χ0) is 12.3. The third-order valence-electron chi connectivity index (χ3n) is 4.63.